The fraction of sp³-hybridized carbons (Fsp3) is 0.167. The Morgan fingerprint density at radius 2 is 1.75 bits per heavy atom. The number of aromatic nitrogens is 3. The minimum Gasteiger partial charge on any atom is -0.352 e. The van der Waals surface area contributed by atoms with Gasteiger partial charge in [-0.05, 0) is 53.4 Å². The number of carbonyl (C=O) groups is 1. The predicted octanol–water partition coefficient (Wildman–Crippen LogP) is 4.31. The van der Waals surface area contributed by atoms with Crippen molar-refractivity contribution in [1.29, 1.82) is 0 Å². The number of hydrogen-bond donors (Lipinski definition) is 1. The van der Waals surface area contributed by atoms with Gasteiger partial charge in [-0.3, -0.25) is 9.78 Å². The van der Waals surface area contributed by atoms with Crippen molar-refractivity contribution in [3.8, 4) is 10.4 Å². The van der Waals surface area contributed by atoms with Gasteiger partial charge >= 0.3 is 0 Å². The molecule has 0 radical (unpaired) electrons. The molecule has 0 aliphatic carbocycles. The summed E-state index contributed by atoms with van der Waals surface area (Å²) in [5.41, 5.74) is 2.73. The molecular weight excluding hydrogens is 420 g/mol. The number of rotatable bonds is 5. The van der Waals surface area contributed by atoms with Gasteiger partial charge in [-0.15, -0.1) is 21.5 Å². The Morgan fingerprint density at radius 1 is 0.906 bits per heavy atom. The third-order valence-corrected chi connectivity index (χ3v) is 6.33. The lowest BCUT2D eigenvalue weighted by Gasteiger charge is -2.35. The van der Waals surface area contributed by atoms with E-state index in [0.717, 1.165) is 35.7 Å². The van der Waals surface area contributed by atoms with Crippen LogP contribution in [0.3, 0.4) is 0 Å². The van der Waals surface area contributed by atoms with Crippen molar-refractivity contribution in [1.82, 2.24) is 20.1 Å². The van der Waals surface area contributed by atoms with Gasteiger partial charge in [0.2, 0.25) is 0 Å². The average molecular weight is 443 g/mol. The fourth-order valence-electron chi connectivity index (χ4n) is 3.69. The zero-order valence-electron chi connectivity index (χ0n) is 17.4. The molecular formula is C24H22N6OS. The van der Waals surface area contributed by atoms with E-state index in [1.807, 2.05) is 59.5 Å². The summed E-state index contributed by atoms with van der Waals surface area (Å²) in [4.78, 5) is 22.3. The van der Waals surface area contributed by atoms with E-state index >= 15 is 0 Å². The van der Waals surface area contributed by atoms with Crippen molar-refractivity contribution in [2.75, 3.05) is 36.4 Å². The van der Waals surface area contributed by atoms with E-state index in [1.165, 1.54) is 4.88 Å². The summed E-state index contributed by atoms with van der Waals surface area (Å²) in [6, 6.07) is 19.6. The normalized spacial score (nSPS) is 13.8. The van der Waals surface area contributed by atoms with Gasteiger partial charge in [0.15, 0.2) is 11.6 Å². The van der Waals surface area contributed by atoms with Crippen LogP contribution in [-0.4, -0.2) is 52.2 Å². The smallest absolute Gasteiger partial charge is 0.253 e. The van der Waals surface area contributed by atoms with E-state index in [9.17, 15) is 4.79 Å². The van der Waals surface area contributed by atoms with Gasteiger partial charge < -0.3 is 15.1 Å². The lowest BCUT2D eigenvalue weighted by Crippen LogP contribution is -2.49. The second-order valence-corrected chi connectivity index (χ2v) is 8.43. The van der Waals surface area contributed by atoms with Crippen molar-refractivity contribution in [2.24, 2.45) is 0 Å². The number of benzene rings is 1. The highest BCUT2D eigenvalue weighted by Gasteiger charge is 2.23. The Hall–Kier alpha value is -3.78. The van der Waals surface area contributed by atoms with Gasteiger partial charge in [-0.25, -0.2) is 0 Å². The predicted molar refractivity (Wildman–Crippen MR) is 127 cm³/mol. The first kappa shape index (κ1) is 20.1. The molecule has 4 aromatic rings. The topological polar surface area (TPSA) is 74.2 Å². The first-order chi connectivity index (χ1) is 15.8. The molecule has 0 bridgehead atoms. The van der Waals surface area contributed by atoms with Crippen LogP contribution in [0.5, 0.6) is 0 Å². The van der Waals surface area contributed by atoms with Gasteiger partial charge in [0.1, 0.15) is 0 Å². The molecule has 1 fully saturated rings. The number of nitrogens with one attached hydrogen (secondary N) is 1. The van der Waals surface area contributed by atoms with Crippen molar-refractivity contribution in [3.05, 3.63) is 84.0 Å². The molecule has 1 saturated heterocycles. The molecule has 1 aliphatic heterocycles. The second kappa shape index (κ2) is 9.15. The van der Waals surface area contributed by atoms with Crippen molar-refractivity contribution >= 4 is 34.6 Å². The fourth-order valence-corrected chi connectivity index (χ4v) is 4.42. The molecule has 3 aromatic heterocycles. The molecule has 5 rings (SSSR count). The van der Waals surface area contributed by atoms with E-state index < -0.39 is 0 Å². The Kier molecular flexibility index (Phi) is 5.76. The maximum atomic E-state index is 12.9. The largest absolute Gasteiger partial charge is 0.352 e. The number of piperazine rings is 1. The summed E-state index contributed by atoms with van der Waals surface area (Å²) in [5, 5.41) is 13.9. The summed E-state index contributed by atoms with van der Waals surface area (Å²) in [6.45, 7) is 2.76. The summed E-state index contributed by atoms with van der Waals surface area (Å²) >= 11 is 1.70. The molecule has 0 unspecified atom stereocenters. The third kappa shape index (κ3) is 4.45. The third-order valence-electron chi connectivity index (χ3n) is 5.41. The average Bonchev–Trinajstić information content (AvgIpc) is 3.40. The van der Waals surface area contributed by atoms with Crippen LogP contribution in [0.1, 0.15) is 10.4 Å². The first-order valence-corrected chi connectivity index (χ1v) is 11.3. The van der Waals surface area contributed by atoms with Crippen LogP contribution in [0.4, 0.5) is 17.3 Å². The SMILES string of the molecule is O=C(c1ccc(-c2cccs2)cc1)N1CCN(c2ccc(Nc3cccnc3)nn2)CC1. The molecule has 4 heterocycles. The van der Waals surface area contributed by atoms with E-state index in [4.69, 9.17) is 0 Å². The van der Waals surface area contributed by atoms with Crippen molar-refractivity contribution in [2.45, 2.75) is 0 Å². The maximum Gasteiger partial charge on any atom is 0.253 e. The molecule has 1 aliphatic rings. The van der Waals surface area contributed by atoms with Gasteiger partial charge in [0, 0.05) is 42.8 Å². The summed E-state index contributed by atoms with van der Waals surface area (Å²) < 4.78 is 0. The zero-order chi connectivity index (χ0) is 21.8. The van der Waals surface area contributed by atoms with Gasteiger partial charge in [-0.1, -0.05) is 18.2 Å². The van der Waals surface area contributed by atoms with Crippen LogP contribution in [0, 0.1) is 0 Å². The van der Waals surface area contributed by atoms with Gasteiger partial charge in [-0.2, -0.15) is 0 Å². The second-order valence-electron chi connectivity index (χ2n) is 7.48. The van der Waals surface area contributed by atoms with Crippen LogP contribution >= 0.6 is 11.3 Å². The van der Waals surface area contributed by atoms with E-state index in [0.29, 0.717) is 18.9 Å². The highest BCUT2D eigenvalue weighted by Crippen LogP contribution is 2.25. The van der Waals surface area contributed by atoms with Crippen molar-refractivity contribution in [3.63, 3.8) is 0 Å². The monoisotopic (exact) mass is 442 g/mol. The Bertz CT molecular complexity index is 1160. The van der Waals surface area contributed by atoms with Crippen LogP contribution in [0.2, 0.25) is 0 Å². The number of amides is 1. The minimum absolute atomic E-state index is 0.0736. The Labute approximate surface area is 190 Å². The highest BCUT2D eigenvalue weighted by molar-refractivity contribution is 7.13. The minimum atomic E-state index is 0.0736. The highest BCUT2D eigenvalue weighted by atomic mass is 32.1. The summed E-state index contributed by atoms with van der Waals surface area (Å²) in [7, 11) is 0. The maximum absolute atomic E-state index is 12.9. The van der Waals surface area contributed by atoms with Crippen molar-refractivity contribution < 1.29 is 4.79 Å². The van der Waals surface area contributed by atoms with Gasteiger partial charge in [0.05, 0.1) is 11.9 Å². The van der Waals surface area contributed by atoms with Gasteiger partial charge in [0.25, 0.3) is 5.91 Å². The Morgan fingerprint density at radius 3 is 2.41 bits per heavy atom. The van der Waals surface area contributed by atoms with Crippen LogP contribution in [0.15, 0.2) is 78.4 Å². The molecule has 0 saturated carbocycles. The number of pyridine rings is 1. The summed E-state index contributed by atoms with van der Waals surface area (Å²) in [6.07, 6.45) is 3.46. The molecule has 1 aromatic carbocycles. The number of thiophene rings is 1. The van der Waals surface area contributed by atoms with Crippen LogP contribution in [-0.2, 0) is 0 Å². The zero-order valence-corrected chi connectivity index (χ0v) is 18.2. The quantitative estimate of drug-likeness (QED) is 0.497. The molecule has 0 spiro atoms. The molecule has 160 valence electrons. The van der Waals surface area contributed by atoms with E-state index in [-0.39, 0.29) is 5.91 Å². The Balaban J connectivity index is 1.17. The molecule has 32 heavy (non-hydrogen) atoms. The standard InChI is InChI=1S/C24H22N6OS/c31-24(19-7-5-18(6-8-19)21-4-2-16-32-21)30-14-12-29(13-15-30)23-10-9-22(27-28-23)26-20-3-1-11-25-17-20/h1-11,16-17H,12-15H2,(H,26,27). The van der Waals surface area contributed by atoms with E-state index in [2.05, 4.69) is 36.8 Å². The number of carbonyl (C=O) groups excluding carboxylic acids is 1. The molecule has 7 nitrogen and oxygen atoms in total. The molecule has 8 heteroatoms. The van der Waals surface area contributed by atoms with Crippen LogP contribution in [0.25, 0.3) is 10.4 Å². The number of nitrogens with zero attached hydrogens (tertiary/aromatic N) is 5. The number of hydrogen-bond acceptors (Lipinski definition) is 7. The van der Waals surface area contributed by atoms with E-state index in [1.54, 1.807) is 23.7 Å². The lowest BCUT2D eigenvalue weighted by atomic mass is 10.1. The van der Waals surface area contributed by atoms with Crippen LogP contribution < -0.4 is 10.2 Å². The molecule has 0 atom stereocenters. The number of anilines is 3. The molecule has 1 N–H and O–H groups in total. The lowest BCUT2D eigenvalue weighted by molar-refractivity contribution is 0.0746. The summed E-state index contributed by atoms with van der Waals surface area (Å²) in [5.74, 6) is 1.56. The molecule has 1 amide bonds. The first-order valence-electron chi connectivity index (χ1n) is 10.5.